The van der Waals surface area contributed by atoms with Crippen LogP contribution in [0.4, 0.5) is 0 Å². The van der Waals surface area contributed by atoms with Gasteiger partial charge >= 0.3 is 0 Å². The van der Waals surface area contributed by atoms with E-state index in [1.54, 1.807) is 19.5 Å². The lowest BCUT2D eigenvalue weighted by Crippen LogP contribution is -2.23. The maximum absolute atomic E-state index is 6.27. The minimum atomic E-state index is -0.160. The number of aryl methyl sites for hydroxylation is 1. The highest BCUT2D eigenvalue weighted by atomic mass is 35.5. The number of hydrogen-bond donors (Lipinski definition) is 1. The van der Waals surface area contributed by atoms with Crippen molar-refractivity contribution in [2.45, 2.75) is 25.9 Å². The van der Waals surface area contributed by atoms with Crippen LogP contribution in [0.3, 0.4) is 0 Å². The zero-order valence-corrected chi connectivity index (χ0v) is 12.7. The molecule has 0 aliphatic carbocycles. The van der Waals surface area contributed by atoms with E-state index < -0.39 is 0 Å². The Hall–Kier alpha value is -1.59. The lowest BCUT2D eigenvalue weighted by atomic mass is 10.1. The Morgan fingerprint density at radius 1 is 1.50 bits per heavy atom. The van der Waals surface area contributed by atoms with E-state index in [0.717, 1.165) is 30.1 Å². The first-order valence-corrected chi connectivity index (χ1v) is 6.98. The van der Waals surface area contributed by atoms with Crippen molar-refractivity contribution in [3.63, 3.8) is 0 Å². The Morgan fingerprint density at radius 3 is 2.90 bits per heavy atom. The van der Waals surface area contributed by atoms with E-state index in [-0.39, 0.29) is 6.04 Å². The molecule has 108 valence electrons. The average molecular weight is 295 g/mol. The predicted octanol–water partition coefficient (Wildman–Crippen LogP) is 2.66. The lowest BCUT2D eigenvalue weighted by molar-refractivity contribution is 0.399. The number of nitrogens with one attached hydrogen (secondary N) is 1. The molecule has 1 atom stereocenters. The van der Waals surface area contributed by atoms with Gasteiger partial charge in [0.25, 0.3) is 0 Å². The van der Waals surface area contributed by atoms with Crippen LogP contribution in [0.5, 0.6) is 5.75 Å². The summed E-state index contributed by atoms with van der Waals surface area (Å²) < 4.78 is 7.36. The van der Waals surface area contributed by atoms with Gasteiger partial charge in [-0.2, -0.15) is 5.10 Å². The maximum Gasteiger partial charge on any atom is 0.161 e. The number of rotatable bonds is 6. The molecule has 0 aliphatic rings. The second kappa shape index (κ2) is 6.72. The number of nitrogens with zero attached hydrogens (tertiary/aromatic N) is 3. The van der Waals surface area contributed by atoms with Gasteiger partial charge in [0.1, 0.15) is 5.69 Å². The summed E-state index contributed by atoms with van der Waals surface area (Å²) in [5, 5.41) is 8.25. The van der Waals surface area contributed by atoms with Crippen LogP contribution in [-0.4, -0.2) is 28.9 Å². The molecule has 0 aromatic carbocycles. The largest absolute Gasteiger partial charge is 0.493 e. The van der Waals surface area contributed by atoms with E-state index in [2.05, 4.69) is 22.3 Å². The Bertz CT molecular complexity index is 570. The molecule has 0 spiro atoms. The number of pyridine rings is 1. The molecule has 0 bridgehead atoms. The Kier molecular flexibility index (Phi) is 4.98. The number of aromatic nitrogens is 3. The third kappa shape index (κ3) is 2.78. The van der Waals surface area contributed by atoms with Crippen LogP contribution >= 0.6 is 11.6 Å². The van der Waals surface area contributed by atoms with Crippen LogP contribution in [0.25, 0.3) is 0 Å². The predicted molar refractivity (Wildman–Crippen MR) is 79.2 cm³/mol. The number of methoxy groups -OCH3 is 1. The average Bonchev–Trinajstić information content (AvgIpc) is 2.85. The van der Waals surface area contributed by atoms with Gasteiger partial charge < -0.3 is 10.1 Å². The third-order valence-corrected chi connectivity index (χ3v) is 3.44. The van der Waals surface area contributed by atoms with Gasteiger partial charge in [-0.1, -0.05) is 18.5 Å². The van der Waals surface area contributed by atoms with Gasteiger partial charge in [0.05, 0.1) is 30.1 Å². The molecule has 20 heavy (non-hydrogen) atoms. The molecule has 0 saturated heterocycles. The van der Waals surface area contributed by atoms with Crippen molar-refractivity contribution in [3.8, 4) is 5.75 Å². The summed E-state index contributed by atoms with van der Waals surface area (Å²) in [7, 11) is 3.52. The van der Waals surface area contributed by atoms with Gasteiger partial charge in [-0.3, -0.25) is 9.67 Å². The molecule has 1 N–H and O–H groups in total. The molecule has 2 aromatic rings. The summed E-state index contributed by atoms with van der Waals surface area (Å²) in [4.78, 5) is 4.39. The molecular formula is C14H19ClN4O. The van der Waals surface area contributed by atoms with E-state index in [1.165, 1.54) is 0 Å². The van der Waals surface area contributed by atoms with Crippen molar-refractivity contribution < 1.29 is 4.74 Å². The van der Waals surface area contributed by atoms with Crippen LogP contribution in [-0.2, 0) is 6.54 Å². The fourth-order valence-electron chi connectivity index (χ4n) is 2.23. The monoisotopic (exact) mass is 294 g/mol. The first kappa shape index (κ1) is 14.8. The standard InChI is InChI=1S/C14H19ClN4O/c1-4-8-19-14(11(20-3)9-18-19)13(16-2)12-10(15)6-5-7-17-12/h5-7,9,13,16H,4,8H2,1-3H3. The van der Waals surface area contributed by atoms with Crippen molar-refractivity contribution in [2.75, 3.05) is 14.2 Å². The highest BCUT2D eigenvalue weighted by molar-refractivity contribution is 6.31. The third-order valence-electron chi connectivity index (χ3n) is 3.12. The minimum Gasteiger partial charge on any atom is -0.493 e. The van der Waals surface area contributed by atoms with Gasteiger partial charge in [-0.15, -0.1) is 0 Å². The van der Waals surface area contributed by atoms with Crippen molar-refractivity contribution in [2.24, 2.45) is 0 Å². The van der Waals surface area contributed by atoms with E-state index in [1.807, 2.05) is 23.9 Å². The SMILES string of the molecule is CCCn1ncc(OC)c1C(NC)c1ncccc1Cl. The van der Waals surface area contributed by atoms with Gasteiger partial charge in [-0.25, -0.2) is 0 Å². The maximum atomic E-state index is 6.27. The number of halogens is 1. The molecule has 6 heteroatoms. The molecule has 1 unspecified atom stereocenters. The molecule has 0 fully saturated rings. The fraction of sp³-hybridized carbons (Fsp3) is 0.429. The van der Waals surface area contributed by atoms with E-state index in [4.69, 9.17) is 16.3 Å². The zero-order valence-electron chi connectivity index (χ0n) is 11.9. The molecule has 0 saturated carbocycles. The molecular weight excluding hydrogens is 276 g/mol. The van der Waals surface area contributed by atoms with Gasteiger partial charge in [0.15, 0.2) is 5.75 Å². The fourth-order valence-corrected chi connectivity index (χ4v) is 2.46. The molecule has 0 amide bonds. The molecule has 0 radical (unpaired) electrons. The lowest BCUT2D eigenvalue weighted by Gasteiger charge is -2.19. The van der Waals surface area contributed by atoms with Crippen molar-refractivity contribution in [1.29, 1.82) is 0 Å². The van der Waals surface area contributed by atoms with Crippen LogP contribution in [0.2, 0.25) is 5.02 Å². The normalized spacial score (nSPS) is 12.4. The van der Waals surface area contributed by atoms with Crippen LogP contribution < -0.4 is 10.1 Å². The number of ether oxygens (including phenoxy) is 1. The van der Waals surface area contributed by atoms with Crippen molar-refractivity contribution >= 4 is 11.6 Å². The van der Waals surface area contributed by atoms with Crippen LogP contribution in [0, 0.1) is 0 Å². The van der Waals surface area contributed by atoms with Gasteiger partial charge in [-0.05, 0) is 25.6 Å². The number of hydrogen-bond acceptors (Lipinski definition) is 4. The molecule has 2 aromatic heterocycles. The van der Waals surface area contributed by atoms with E-state index in [9.17, 15) is 0 Å². The molecule has 2 heterocycles. The first-order chi connectivity index (χ1) is 9.72. The molecule has 5 nitrogen and oxygen atoms in total. The highest BCUT2D eigenvalue weighted by Gasteiger charge is 2.24. The Morgan fingerprint density at radius 2 is 2.30 bits per heavy atom. The van der Waals surface area contributed by atoms with E-state index in [0.29, 0.717) is 5.02 Å². The highest BCUT2D eigenvalue weighted by Crippen LogP contribution is 2.32. The quantitative estimate of drug-likeness (QED) is 0.890. The van der Waals surface area contributed by atoms with Crippen LogP contribution in [0.1, 0.15) is 30.8 Å². The summed E-state index contributed by atoms with van der Waals surface area (Å²) in [5.74, 6) is 0.736. The molecule has 0 aliphatic heterocycles. The molecule has 2 rings (SSSR count). The summed E-state index contributed by atoms with van der Waals surface area (Å²) >= 11 is 6.27. The topological polar surface area (TPSA) is 52.0 Å². The Labute approximate surface area is 123 Å². The summed E-state index contributed by atoms with van der Waals surface area (Å²) in [5.41, 5.74) is 1.71. The van der Waals surface area contributed by atoms with Crippen molar-refractivity contribution in [3.05, 3.63) is 40.9 Å². The Balaban J connectivity index is 2.51. The first-order valence-electron chi connectivity index (χ1n) is 6.60. The van der Waals surface area contributed by atoms with Crippen LogP contribution in [0.15, 0.2) is 24.5 Å². The zero-order chi connectivity index (χ0) is 14.5. The summed E-state index contributed by atoms with van der Waals surface area (Å²) in [6, 6.07) is 3.49. The minimum absolute atomic E-state index is 0.160. The summed E-state index contributed by atoms with van der Waals surface area (Å²) in [6.07, 6.45) is 4.45. The second-order valence-corrected chi connectivity index (χ2v) is 4.82. The van der Waals surface area contributed by atoms with E-state index >= 15 is 0 Å². The second-order valence-electron chi connectivity index (χ2n) is 4.41. The smallest absolute Gasteiger partial charge is 0.161 e. The van der Waals surface area contributed by atoms with Gasteiger partial charge in [0.2, 0.25) is 0 Å². The van der Waals surface area contributed by atoms with Gasteiger partial charge in [0, 0.05) is 12.7 Å². The summed E-state index contributed by atoms with van der Waals surface area (Å²) in [6.45, 7) is 2.93. The van der Waals surface area contributed by atoms with Crippen molar-refractivity contribution in [1.82, 2.24) is 20.1 Å².